The van der Waals surface area contributed by atoms with E-state index in [0.717, 1.165) is 4.31 Å². The fraction of sp³-hybridized carbons (Fsp3) is 0.304. The van der Waals surface area contributed by atoms with Crippen molar-refractivity contribution >= 4 is 39.6 Å². The third-order valence-electron chi connectivity index (χ3n) is 4.43. The molecule has 0 bridgehead atoms. The zero-order valence-electron chi connectivity index (χ0n) is 20.2. The number of nitrogens with zero attached hydrogens (tertiary/aromatic N) is 4. The van der Waals surface area contributed by atoms with Gasteiger partial charge in [0, 0.05) is 44.6 Å². The van der Waals surface area contributed by atoms with Crippen LogP contribution in [-0.2, 0) is 16.6 Å². The van der Waals surface area contributed by atoms with E-state index in [4.69, 9.17) is 11.6 Å². The van der Waals surface area contributed by atoms with Gasteiger partial charge in [-0.1, -0.05) is 23.7 Å². The van der Waals surface area contributed by atoms with Gasteiger partial charge in [0.25, 0.3) is 11.8 Å². The van der Waals surface area contributed by atoms with Crippen molar-refractivity contribution in [2.45, 2.75) is 33.4 Å². The number of allylic oxidation sites excluding steroid dienone is 4. The van der Waals surface area contributed by atoms with Gasteiger partial charge in [-0.25, -0.2) is 22.4 Å². The highest BCUT2D eigenvalue weighted by Gasteiger charge is 2.21. The van der Waals surface area contributed by atoms with Gasteiger partial charge in [0.15, 0.2) is 0 Å². The van der Waals surface area contributed by atoms with Gasteiger partial charge >= 0.3 is 0 Å². The Bertz CT molecular complexity index is 1260. The van der Waals surface area contributed by atoms with Gasteiger partial charge in [0.2, 0.25) is 10.0 Å². The minimum atomic E-state index is -3.72. The normalized spacial score (nSPS) is 13.0. The third kappa shape index (κ3) is 7.88. The van der Waals surface area contributed by atoms with Crippen molar-refractivity contribution in [1.29, 1.82) is 0 Å². The lowest BCUT2D eigenvalue weighted by molar-refractivity contribution is 0.0936. The molecule has 0 saturated heterocycles. The molecule has 2 heterocycles. The Labute approximate surface area is 210 Å². The van der Waals surface area contributed by atoms with Crippen molar-refractivity contribution in [1.82, 2.24) is 29.7 Å². The van der Waals surface area contributed by atoms with Crippen LogP contribution in [0.25, 0.3) is 6.20 Å². The molecule has 2 aromatic heterocycles. The molecule has 35 heavy (non-hydrogen) atoms. The summed E-state index contributed by atoms with van der Waals surface area (Å²) in [4.78, 5) is 28.7. The highest BCUT2D eigenvalue weighted by atomic mass is 35.5. The van der Waals surface area contributed by atoms with Gasteiger partial charge < -0.3 is 10.6 Å². The number of hydrogen-bond acceptors (Lipinski definition) is 6. The highest BCUT2D eigenvalue weighted by molar-refractivity contribution is 7.93. The number of halogens is 1. The molecule has 0 aliphatic carbocycles. The van der Waals surface area contributed by atoms with Crippen LogP contribution in [0.3, 0.4) is 0 Å². The lowest BCUT2D eigenvalue weighted by atomic mass is 10.2. The maximum Gasteiger partial charge on any atom is 0.270 e. The maximum atomic E-state index is 12.5. The van der Waals surface area contributed by atoms with E-state index in [-0.39, 0.29) is 39.8 Å². The summed E-state index contributed by atoms with van der Waals surface area (Å²) in [5.74, 6) is -0.797. The minimum Gasteiger partial charge on any atom is -0.349 e. The van der Waals surface area contributed by atoms with E-state index in [2.05, 4.69) is 20.7 Å². The van der Waals surface area contributed by atoms with E-state index in [0.29, 0.717) is 5.56 Å². The molecule has 0 radical (unpaired) electrons. The summed E-state index contributed by atoms with van der Waals surface area (Å²) in [6.07, 6.45) is 9.12. The molecule has 0 atom stereocenters. The smallest absolute Gasteiger partial charge is 0.270 e. The van der Waals surface area contributed by atoms with E-state index in [9.17, 15) is 18.0 Å². The van der Waals surface area contributed by atoms with Crippen LogP contribution < -0.4 is 10.6 Å². The molecule has 2 rings (SSSR count). The minimum absolute atomic E-state index is 0.0228. The molecular weight excluding hydrogens is 492 g/mol. The molecule has 2 amide bonds. The summed E-state index contributed by atoms with van der Waals surface area (Å²) in [6.45, 7) is 5.53. The van der Waals surface area contributed by atoms with Crippen molar-refractivity contribution in [2.24, 2.45) is 0 Å². The van der Waals surface area contributed by atoms with Crippen molar-refractivity contribution in [3.63, 3.8) is 0 Å². The number of rotatable bonds is 10. The first-order valence-electron chi connectivity index (χ1n) is 10.7. The predicted molar refractivity (Wildman–Crippen MR) is 136 cm³/mol. The Morgan fingerprint density at radius 3 is 2.43 bits per heavy atom. The van der Waals surface area contributed by atoms with Crippen molar-refractivity contribution < 1.29 is 18.0 Å². The van der Waals surface area contributed by atoms with Crippen LogP contribution in [0.4, 0.5) is 0 Å². The Hall–Kier alpha value is -3.28. The first kappa shape index (κ1) is 28.0. The zero-order chi connectivity index (χ0) is 26.2. The fourth-order valence-electron chi connectivity index (χ4n) is 2.71. The first-order chi connectivity index (χ1) is 16.4. The standard InChI is InChI=1S/C23H29ClN6O4S/c1-6-8-21(35(33,34)29(4)5)18(24)11-12-30-15-17(14-26-30)13-25-22(31)19-9-7-10-20(28-19)23(32)27-16(2)3/h6-12,14-16H,13H2,1-5H3,(H,25,31)(H,27,32)/b8-6-,12-11+,21-18-. The van der Waals surface area contributed by atoms with Crippen molar-refractivity contribution in [3.05, 3.63) is 75.7 Å². The maximum absolute atomic E-state index is 12.5. The van der Waals surface area contributed by atoms with Crippen molar-refractivity contribution in [2.75, 3.05) is 14.1 Å². The number of carbonyl (C=O) groups excluding carboxylic acids is 2. The molecule has 2 aromatic rings. The van der Waals surface area contributed by atoms with Gasteiger partial charge in [0.1, 0.15) is 16.3 Å². The number of carbonyl (C=O) groups is 2. The molecule has 0 aromatic carbocycles. The monoisotopic (exact) mass is 520 g/mol. The average molecular weight is 521 g/mol. The second kappa shape index (κ2) is 12.4. The van der Waals surface area contributed by atoms with E-state index < -0.39 is 15.9 Å². The van der Waals surface area contributed by atoms with Crippen LogP contribution >= 0.6 is 11.6 Å². The average Bonchev–Trinajstić information content (AvgIpc) is 3.26. The predicted octanol–water partition coefficient (Wildman–Crippen LogP) is 2.73. The Morgan fingerprint density at radius 1 is 1.17 bits per heavy atom. The Balaban J connectivity index is 2.08. The Kier molecular flexibility index (Phi) is 9.93. The second-order valence-corrected chi connectivity index (χ2v) is 10.4. The molecule has 0 fully saturated rings. The van der Waals surface area contributed by atoms with Crippen LogP contribution in [0.15, 0.2) is 58.8 Å². The van der Waals surface area contributed by atoms with Gasteiger partial charge in [-0.2, -0.15) is 5.10 Å². The molecule has 2 N–H and O–H groups in total. The van der Waals surface area contributed by atoms with E-state index >= 15 is 0 Å². The van der Waals surface area contributed by atoms with E-state index in [1.807, 2.05) is 13.8 Å². The second-order valence-electron chi connectivity index (χ2n) is 7.86. The van der Waals surface area contributed by atoms with Gasteiger partial charge in [0.05, 0.1) is 11.2 Å². The molecule has 188 valence electrons. The number of nitrogens with one attached hydrogen (secondary N) is 2. The number of aromatic nitrogens is 3. The topological polar surface area (TPSA) is 126 Å². The molecule has 0 unspecified atom stereocenters. The largest absolute Gasteiger partial charge is 0.349 e. The lowest BCUT2D eigenvalue weighted by Crippen LogP contribution is -2.31. The van der Waals surface area contributed by atoms with E-state index in [1.54, 1.807) is 31.5 Å². The molecule has 0 aliphatic heterocycles. The summed E-state index contributed by atoms with van der Waals surface area (Å²) in [7, 11) is -0.877. The zero-order valence-corrected chi connectivity index (χ0v) is 21.8. The summed E-state index contributed by atoms with van der Waals surface area (Å²) >= 11 is 6.25. The number of sulfonamides is 1. The number of pyridine rings is 1. The third-order valence-corrected chi connectivity index (χ3v) is 6.74. The van der Waals surface area contributed by atoms with Crippen molar-refractivity contribution in [3.8, 4) is 0 Å². The molecule has 0 aliphatic rings. The summed E-state index contributed by atoms with van der Waals surface area (Å²) in [5.41, 5.74) is 0.957. The summed E-state index contributed by atoms with van der Waals surface area (Å²) < 4.78 is 27.4. The SMILES string of the molecule is C\C=C/C(=C(Cl)\C=C\n1cc(CNC(=O)c2cccc(C(=O)NC(C)C)n2)cn1)S(=O)(=O)N(C)C. The molecule has 10 nitrogen and oxygen atoms in total. The first-order valence-corrected chi connectivity index (χ1v) is 12.5. The number of amides is 2. The number of hydrogen-bond donors (Lipinski definition) is 2. The summed E-state index contributed by atoms with van der Waals surface area (Å²) in [6, 6.07) is 4.60. The van der Waals surface area contributed by atoms with Gasteiger partial charge in [-0.3, -0.25) is 9.59 Å². The molecule has 12 heteroatoms. The highest BCUT2D eigenvalue weighted by Crippen LogP contribution is 2.21. The van der Waals surface area contributed by atoms with Crippen LogP contribution in [-0.4, -0.2) is 59.4 Å². The van der Waals surface area contributed by atoms with Crippen LogP contribution in [0.2, 0.25) is 0 Å². The lowest BCUT2D eigenvalue weighted by Gasteiger charge is -2.12. The molecular formula is C23H29ClN6O4S. The van der Waals surface area contributed by atoms with Gasteiger partial charge in [-0.15, -0.1) is 0 Å². The van der Waals surface area contributed by atoms with E-state index in [1.165, 1.54) is 49.3 Å². The Morgan fingerprint density at radius 2 is 1.83 bits per heavy atom. The quantitative estimate of drug-likeness (QED) is 0.464. The fourth-order valence-corrected chi connectivity index (χ4v) is 4.14. The summed E-state index contributed by atoms with van der Waals surface area (Å²) in [5, 5.41) is 9.64. The van der Waals surface area contributed by atoms with Gasteiger partial charge in [-0.05, 0) is 45.1 Å². The molecule has 0 spiro atoms. The molecule has 0 saturated carbocycles. The van der Waals surface area contributed by atoms with Crippen LogP contribution in [0.1, 0.15) is 47.3 Å². The van der Waals surface area contributed by atoms with Crippen LogP contribution in [0, 0.1) is 0 Å². The van der Waals surface area contributed by atoms with Crippen LogP contribution in [0.5, 0.6) is 0 Å².